The summed E-state index contributed by atoms with van der Waals surface area (Å²) in [4.78, 5) is 11.0. The predicted molar refractivity (Wildman–Crippen MR) is 77.2 cm³/mol. The highest BCUT2D eigenvalue weighted by atomic mass is 35.5. The molecule has 0 aliphatic rings. The lowest BCUT2D eigenvalue weighted by Gasteiger charge is -1.96. The van der Waals surface area contributed by atoms with Crippen LogP contribution in [0.15, 0.2) is 36.4 Å². The van der Waals surface area contributed by atoms with Gasteiger partial charge in [-0.1, -0.05) is 48.9 Å². The third kappa shape index (κ3) is 2.00. The number of thiophene rings is 1. The molecule has 1 aromatic carbocycles. The van der Waals surface area contributed by atoms with Gasteiger partial charge in [-0.25, -0.2) is 9.97 Å². The van der Waals surface area contributed by atoms with Gasteiger partial charge >= 0.3 is 0 Å². The monoisotopic (exact) mass is 274 g/mol. The van der Waals surface area contributed by atoms with Crippen LogP contribution in [0.1, 0.15) is 12.7 Å². The van der Waals surface area contributed by atoms with Gasteiger partial charge in [-0.15, -0.1) is 11.3 Å². The van der Waals surface area contributed by atoms with Crippen molar-refractivity contribution in [3.63, 3.8) is 0 Å². The minimum Gasteiger partial charge on any atom is -0.222 e. The largest absolute Gasteiger partial charge is 0.222 e. The van der Waals surface area contributed by atoms with Gasteiger partial charge in [0.05, 0.1) is 0 Å². The average Bonchev–Trinajstić information content (AvgIpc) is 2.84. The number of fused-ring (bicyclic) bond motifs is 1. The summed E-state index contributed by atoms with van der Waals surface area (Å²) in [6, 6.07) is 12.3. The number of nitrogens with zero attached hydrogens (tertiary/aromatic N) is 2. The lowest BCUT2D eigenvalue weighted by Crippen LogP contribution is -1.91. The van der Waals surface area contributed by atoms with E-state index in [2.05, 4.69) is 28.2 Å². The number of rotatable bonds is 2. The summed E-state index contributed by atoms with van der Waals surface area (Å²) in [5.41, 5.74) is 1.19. The van der Waals surface area contributed by atoms with Crippen molar-refractivity contribution in [2.75, 3.05) is 0 Å². The first-order chi connectivity index (χ1) is 8.78. The molecule has 90 valence electrons. The van der Waals surface area contributed by atoms with E-state index in [1.165, 1.54) is 10.4 Å². The van der Waals surface area contributed by atoms with Gasteiger partial charge in [-0.2, -0.15) is 0 Å². The van der Waals surface area contributed by atoms with E-state index < -0.39 is 0 Å². The summed E-state index contributed by atoms with van der Waals surface area (Å²) < 4.78 is 0. The first-order valence-electron chi connectivity index (χ1n) is 5.79. The lowest BCUT2D eigenvalue weighted by atomic mass is 10.2. The summed E-state index contributed by atoms with van der Waals surface area (Å²) in [6.07, 6.45) is 0.800. The first-order valence-corrected chi connectivity index (χ1v) is 6.98. The van der Waals surface area contributed by atoms with Crippen LogP contribution in [0.3, 0.4) is 0 Å². The fourth-order valence-corrected chi connectivity index (χ4v) is 3.18. The van der Waals surface area contributed by atoms with E-state index in [9.17, 15) is 0 Å². The molecule has 0 bridgehead atoms. The zero-order valence-electron chi connectivity index (χ0n) is 9.85. The van der Waals surface area contributed by atoms with E-state index in [1.54, 1.807) is 11.3 Å². The minimum absolute atomic E-state index is 0.551. The highest BCUT2D eigenvalue weighted by Gasteiger charge is 2.10. The molecule has 2 heterocycles. The number of hydrogen-bond acceptors (Lipinski definition) is 3. The minimum atomic E-state index is 0.551. The maximum atomic E-state index is 6.20. The predicted octanol–water partition coefficient (Wildman–Crippen LogP) is 4.57. The molecule has 0 aliphatic carbocycles. The summed E-state index contributed by atoms with van der Waals surface area (Å²) in [6.45, 7) is 2.03. The molecule has 3 aromatic rings. The van der Waals surface area contributed by atoms with Crippen LogP contribution in [0.2, 0.25) is 5.15 Å². The quantitative estimate of drug-likeness (QED) is 0.640. The molecule has 0 amide bonds. The first kappa shape index (κ1) is 11.6. The summed E-state index contributed by atoms with van der Waals surface area (Å²) >= 11 is 7.86. The molecule has 2 aromatic heterocycles. The fourth-order valence-electron chi connectivity index (χ4n) is 1.83. The van der Waals surface area contributed by atoms with E-state index in [1.807, 2.05) is 25.1 Å². The van der Waals surface area contributed by atoms with Crippen LogP contribution in [-0.2, 0) is 6.42 Å². The van der Waals surface area contributed by atoms with E-state index in [4.69, 9.17) is 11.6 Å². The van der Waals surface area contributed by atoms with Crippen molar-refractivity contribution in [2.45, 2.75) is 13.3 Å². The van der Waals surface area contributed by atoms with Crippen LogP contribution in [0, 0.1) is 0 Å². The molecule has 0 unspecified atom stereocenters. The maximum Gasteiger partial charge on any atom is 0.141 e. The second-order valence-corrected chi connectivity index (χ2v) is 5.37. The van der Waals surface area contributed by atoms with Crippen molar-refractivity contribution in [3.8, 4) is 10.4 Å². The zero-order chi connectivity index (χ0) is 12.5. The van der Waals surface area contributed by atoms with Crippen LogP contribution < -0.4 is 0 Å². The molecule has 2 nitrogen and oxygen atoms in total. The van der Waals surface area contributed by atoms with Crippen LogP contribution in [-0.4, -0.2) is 9.97 Å². The molecule has 0 atom stereocenters. The van der Waals surface area contributed by atoms with Crippen LogP contribution in [0.4, 0.5) is 0 Å². The second-order valence-electron chi connectivity index (χ2n) is 3.98. The number of aryl methyl sites for hydroxylation is 1. The normalized spacial score (nSPS) is 11.0. The molecule has 0 aliphatic heterocycles. The average molecular weight is 275 g/mol. The van der Waals surface area contributed by atoms with E-state index in [0.717, 1.165) is 22.5 Å². The molecule has 4 heteroatoms. The molecular formula is C14H11ClN2S. The van der Waals surface area contributed by atoms with Gasteiger partial charge in [0.15, 0.2) is 0 Å². The summed E-state index contributed by atoms with van der Waals surface area (Å²) in [7, 11) is 0. The Bertz CT molecular complexity index is 692. The molecule has 0 saturated carbocycles. The van der Waals surface area contributed by atoms with E-state index in [-0.39, 0.29) is 0 Å². The number of hydrogen-bond donors (Lipinski definition) is 0. The van der Waals surface area contributed by atoms with Gasteiger partial charge in [0.2, 0.25) is 0 Å². The molecule has 0 radical (unpaired) electrons. The Morgan fingerprint density at radius 1 is 1.17 bits per heavy atom. The van der Waals surface area contributed by atoms with Crippen molar-refractivity contribution in [3.05, 3.63) is 47.4 Å². The van der Waals surface area contributed by atoms with Crippen molar-refractivity contribution >= 4 is 33.2 Å². The smallest absolute Gasteiger partial charge is 0.141 e. The Morgan fingerprint density at radius 2 is 1.94 bits per heavy atom. The number of benzene rings is 1. The fraction of sp³-hybridized carbons (Fsp3) is 0.143. The summed E-state index contributed by atoms with van der Waals surface area (Å²) in [5, 5.41) is 1.49. The van der Waals surface area contributed by atoms with Crippen LogP contribution in [0.5, 0.6) is 0 Å². The van der Waals surface area contributed by atoms with Gasteiger partial charge in [-0.3, -0.25) is 0 Å². The van der Waals surface area contributed by atoms with Crippen molar-refractivity contribution < 1.29 is 0 Å². The number of aromatic nitrogens is 2. The third-order valence-electron chi connectivity index (χ3n) is 2.77. The molecular weight excluding hydrogens is 264 g/mol. The van der Waals surface area contributed by atoms with Gasteiger partial charge in [-0.05, 0) is 11.6 Å². The molecule has 0 spiro atoms. The summed E-state index contributed by atoms with van der Waals surface area (Å²) in [5.74, 6) is 0.800. The molecule has 0 fully saturated rings. The Morgan fingerprint density at radius 3 is 2.67 bits per heavy atom. The third-order valence-corrected chi connectivity index (χ3v) is 4.13. The Balaban J connectivity index is 2.20. The Labute approximate surface area is 114 Å². The van der Waals surface area contributed by atoms with Crippen molar-refractivity contribution in [1.29, 1.82) is 0 Å². The molecule has 18 heavy (non-hydrogen) atoms. The SMILES string of the molecule is CCc1nc(Cl)c2cc(-c3ccccc3)sc2n1. The van der Waals surface area contributed by atoms with Crippen molar-refractivity contribution in [1.82, 2.24) is 9.97 Å². The molecule has 0 N–H and O–H groups in total. The maximum absolute atomic E-state index is 6.20. The van der Waals surface area contributed by atoms with E-state index >= 15 is 0 Å². The van der Waals surface area contributed by atoms with Gasteiger partial charge in [0.25, 0.3) is 0 Å². The zero-order valence-corrected chi connectivity index (χ0v) is 11.4. The highest BCUT2D eigenvalue weighted by molar-refractivity contribution is 7.21. The van der Waals surface area contributed by atoms with Crippen LogP contribution in [0.25, 0.3) is 20.7 Å². The van der Waals surface area contributed by atoms with Crippen molar-refractivity contribution in [2.24, 2.45) is 0 Å². The van der Waals surface area contributed by atoms with Crippen LogP contribution >= 0.6 is 22.9 Å². The molecule has 0 saturated heterocycles. The number of halogens is 1. The topological polar surface area (TPSA) is 25.8 Å². The van der Waals surface area contributed by atoms with E-state index in [0.29, 0.717) is 5.15 Å². The Hall–Kier alpha value is -1.45. The Kier molecular flexibility index (Phi) is 3.02. The van der Waals surface area contributed by atoms with Gasteiger partial charge < -0.3 is 0 Å². The lowest BCUT2D eigenvalue weighted by molar-refractivity contribution is 0.965. The second kappa shape index (κ2) is 4.67. The molecule has 3 rings (SSSR count). The highest BCUT2D eigenvalue weighted by Crippen LogP contribution is 2.35. The van der Waals surface area contributed by atoms with Gasteiger partial charge in [0.1, 0.15) is 15.8 Å². The standard InChI is InChI=1S/C14H11ClN2S/c1-2-12-16-13(15)10-8-11(18-14(10)17-12)9-6-4-3-5-7-9/h3-8H,2H2,1H3. The van der Waals surface area contributed by atoms with Gasteiger partial charge in [0, 0.05) is 16.7 Å².